The van der Waals surface area contributed by atoms with E-state index in [1.165, 1.54) is 5.56 Å². The fraction of sp³-hybridized carbons (Fsp3) is 0.632. The maximum Gasteiger partial charge on any atom is 0.226 e. The second-order valence-corrected chi connectivity index (χ2v) is 6.74. The first-order valence-corrected chi connectivity index (χ1v) is 8.90. The van der Waals surface area contributed by atoms with Crippen molar-refractivity contribution >= 4 is 5.91 Å². The summed E-state index contributed by atoms with van der Waals surface area (Å²) in [6.07, 6.45) is 3.13. The van der Waals surface area contributed by atoms with Crippen LogP contribution in [0.5, 0.6) is 0 Å². The summed E-state index contributed by atoms with van der Waals surface area (Å²) in [7, 11) is 0. The molecule has 0 aromatic heterocycles. The average Bonchev–Trinajstić information content (AvgIpc) is 3.35. The zero-order valence-corrected chi connectivity index (χ0v) is 14.2. The molecular formula is C19H28N2O2. The maximum absolute atomic E-state index is 12.2. The molecule has 1 N–H and O–H groups in total. The molecule has 0 bridgehead atoms. The van der Waals surface area contributed by atoms with Gasteiger partial charge in [0.2, 0.25) is 5.91 Å². The van der Waals surface area contributed by atoms with Gasteiger partial charge >= 0.3 is 0 Å². The predicted octanol–water partition coefficient (Wildman–Crippen LogP) is 2.75. The highest BCUT2D eigenvalue weighted by molar-refractivity contribution is 5.82. The Morgan fingerprint density at radius 1 is 1.30 bits per heavy atom. The molecule has 23 heavy (non-hydrogen) atoms. The van der Waals surface area contributed by atoms with Crippen molar-refractivity contribution < 1.29 is 9.53 Å². The van der Waals surface area contributed by atoms with Gasteiger partial charge in [-0.05, 0) is 38.7 Å². The monoisotopic (exact) mass is 316 g/mol. The predicted molar refractivity (Wildman–Crippen MR) is 91.1 cm³/mol. The molecule has 3 rings (SSSR count). The largest absolute Gasteiger partial charge is 0.378 e. The van der Waals surface area contributed by atoms with Crippen LogP contribution in [0.2, 0.25) is 0 Å². The number of hydrogen-bond acceptors (Lipinski definition) is 3. The van der Waals surface area contributed by atoms with Gasteiger partial charge in [0.25, 0.3) is 0 Å². The van der Waals surface area contributed by atoms with Gasteiger partial charge in [-0.25, -0.2) is 0 Å². The first-order chi connectivity index (χ1) is 11.2. The van der Waals surface area contributed by atoms with Crippen molar-refractivity contribution in [3.8, 4) is 0 Å². The number of hydrogen-bond donors (Lipinski definition) is 1. The van der Waals surface area contributed by atoms with Gasteiger partial charge in [0.15, 0.2) is 0 Å². The van der Waals surface area contributed by atoms with Gasteiger partial charge in [-0.2, -0.15) is 0 Å². The summed E-state index contributed by atoms with van der Waals surface area (Å²) < 4.78 is 5.50. The Morgan fingerprint density at radius 2 is 2.00 bits per heavy atom. The topological polar surface area (TPSA) is 41.6 Å². The summed E-state index contributed by atoms with van der Waals surface area (Å²) in [6, 6.07) is 11.4. The van der Waals surface area contributed by atoms with Crippen LogP contribution in [-0.2, 0) is 9.53 Å². The second-order valence-electron chi connectivity index (χ2n) is 6.74. The van der Waals surface area contributed by atoms with E-state index in [0.717, 1.165) is 32.4 Å². The Bertz CT molecular complexity index is 511. The zero-order chi connectivity index (χ0) is 16.2. The number of piperidine rings is 1. The molecule has 2 fully saturated rings. The van der Waals surface area contributed by atoms with Gasteiger partial charge in [0, 0.05) is 31.8 Å². The summed E-state index contributed by atoms with van der Waals surface area (Å²) in [4.78, 5) is 14.7. The minimum Gasteiger partial charge on any atom is -0.378 e. The molecule has 1 saturated heterocycles. The van der Waals surface area contributed by atoms with Crippen LogP contribution >= 0.6 is 0 Å². The third kappa shape index (κ3) is 4.12. The molecule has 1 aliphatic heterocycles. The van der Waals surface area contributed by atoms with E-state index < -0.39 is 0 Å². The van der Waals surface area contributed by atoms with Crippen LogP contribution in [0.4, 0.5) is 0 Å². The molecule has 0 radical (unpaired) electrons. The van der Waals surface area contributed by atoms with Crippen molar-refractivity contribution in [2.45, 2.75) is 51.3 Å². The smallest absolute Gasteiger partial charge is 0.226 e. The normalized spacial score (nSPS) is 26.7. The average molecular weight is 316 g/mol. The van der Waals surface area contributed by atoms with Crippen molar-refractivity contribution in [2.75, 3.05) is 19.7 Å². The van der Waals surface area contributed by atoms with Crippen molar-refractivity contribution in [3.05, 3.63) is 35.9 Å². The van der Waals surface area contributed by atoms with Crippen LogP contribution in [0, 0.1) is 5.92 Å². The summed E-state index contributed by atoms with van der Waals surface area (Å²) >= 11 is 0. The van der Waals surface area contributed by atoms with Crippen LogP contribution in [0.15, 0.2) is 30.3 Å². The van der Waals surface area contributed by atoms with Crippen LogP contribution in [0.1, 0.15) is 44.7 Å². The van der Waals surface area contributed by atoms with Gasteiger partial charge in [0.1, 0.15) is 0 Å². The molecule has 1 saturated carbocycles. The van der Waals surface area contributed by atoms with Gasteiger partial charge in [-0.1, -0.05) is 30.3 Å². The van der Waals surface area contributed by atoms with Crippen molar-refractivity contribution in [2.24, 2.45) is 5.92 Å². The highest BCUT2D eigenvalue weighted by Gasteiger charge is 2.44. The number of likely N-dealkylation sites (tertiary alicyclic amines) is 1. The molecule has 1 aromatic rings. The lowest BCUT2D eigenvalue weighted by Gasteiger charge is -2.36. The minimum atomic E-state index is 0.0937. The Morgan fingerprint density at radius 3 is 2.65 bits per heavy atom. The molecule has 0 unspecified atom stereocenters. The molecule has 1 aromatic carbocycles. The fourth-order valence-electron chi connectivity index (χ4n) is 3.53. The lowest BCUT2D eigenvalue weighted by atomic mass is 10.00. The zero-order valence-electron chi connectivity index (χ0n) is 14.2. The molecule has 3 atom stereocenters. The third-order valence-corrected chi connectivity index (χ3v) is 5.16. The highest BCUT2D eigenvalue weighted by Crippen LogP contribution is 2.34. The summed E-state index contributed by atoms with van der Waals surface area (Å²) in [6.45, 7) is 7.04. The van der Waals surface area contributed by atoms with Crippen LogP contribution in [-0.4, -0.2) is 42.6 Å². The molecule has 4 nitrogen and oxygen atoms in total. The van der Waals surface area contributed by atoms with E-state index in [1.54, 1.807) is 0 Å². The van der Waals surface area contributed by atoms with Crippen LogP contribution in [0.25, 0.3) is 0 Å². The number of nitrogens with zero attached hydrogens (tertiary/aromatic N) is 1. The lowest BCUT2D eigenvalue weighted by Crippen LogP contribution is -2.45. The van der Waals surface area contributed by atoms with Crippen molar-refractivity contribution in [1.29, 1.82) is 0 Å². The Kier molecular flexibility index (Phi) is 5.34. The van der Waals surface area contributed by atoms with E-state index in [2.05, 4.69) is 47.5 Å². The number of nitrogens with one attached hydrogen (secondary N) is 1. The summed E-state index contributed by atoms with van der Waals surface area (Å²) in [5.74, 6) is 0.286. The standard InChI is InChI=1S/C19H28N2O2/c1-3-23-18-13-17(18)19(22)20-16-9-11-21(12-10-16)14(2)15-7-5-4-6-8-15/h4-8,14,16-18H,3,9-13H2,1-2H3,(H,20,22)/t14-,17+,18-/m1/s1. The summed E-state index contributed by atoms with van der Waals surface area (Å²) in [5, 5.41) is 3.22. The van der Waals surface area contributed by atoms with Crippen LogP contribution < -0.4 is 5.32 Å². The van der Waals surface area contributed by atoms with E-state index in [4.69, 9.17) is 4.74 Å². The molecule has 4 heteroatoms. The van der Waals surface area contributed by atoms with Gasteiger partial charge in [-0.15, -0.1) is 0 Å². The highest BCUT2D eigenvalue weighted by atomic mass is 16.5. The minimum absolute atomic E-state index is 0.0937. The molecule has 1 amide bonds. The third-order valence-electron chi connectivity index (χ3n) is 5.16. The molecule has 2 aliphatic rings. The van der Waals surface area contributed by atoms with E-state index in [9.17, 15) is 4.79 Å². The molecule has 126 valence electrons. The lowest BCUT2D eigenvalue weighted by molar-refractivity contribution is -0.124. The van der Waals surface area contributed by atoms with Gasteiger partial charge in [-0.3, -0.25) is 9.69 Å². The molecule has 0 spiro atoms. The van der Waals surface area contributed by atoms with Crippen LogP contribution in [0.3, 0.4) is 0 Å². The Balaban J connectivity index is 1.43. The molecule has 1 heterocycles. The Hall–Kier alpha value is -1.39. The van der Waals surface area contributed by atoms with Gasteiger partial charge < -0.3 is 10.1 Å². The second kappa shape index (κ2) is 7.45. The number of carbonyl (C=O) groups is 1. The summed E-state index contributed by atoms with van der Waals surface area (Å²) in [5.41, 5.74) is 1.37. The number of amides is 1. The first-order valence-electron chi connectivity index (χ1n) is 8.90. The SMILES string of the molecule is CCO[C@@H]1C[C@@H]1C(=O)NC1CCN([C@H](C)c2ccccc2)CC1. The van der Waals surface area contributed by atoms with E-state index >= 15 is 0 Å². The van der Waals surface area contributed by atoms with Crippen molar-refractivity contribution in [3.63, 3.8) is 0 Å². The van der Waals surface area contributed by atoms with Gasteiger partial charge in [0.05, 0.1) is 12.0 Å². The number of ether oxygens (including phenoxy) is 1. The maximum atomic E-state index is 12.2. The molecular weight excluding hydrogens is 288 g/mol. The fourth-order valence-corrected chi connectivity index (χ4v) is 3.53. The van der Waals surface area contributed by atoms with E-state index in [0.29, 0.717) is 18.7 Å². The van der Waals surface area contributed by atoms with E-state index in [-0.39, 0.29) is 17.9 Å². The number of carbonyl (C=O) groups excluding carboxylic acids is 1. The molecule has 1 aliphatic carbocycles. The number of benzene rings is 1. The quantitative estimate of drug-likeness (QED) is 0.877. The number of rotatable bonds is 6. The van der Waals surface area contributed by atoms with Crippen molar-refractivity contribution in [1.82, 2.24) is 10.2 Å². The first kappa shape index (κ1) is 16.5. The van der Waals surface area contributed by atoms with E-state index in [1.807, 2.05) is 6.92 Å². The Labute approximate surface area is 139 Å².